The van der Waals surface area contributed by atoms with Crippen LogP contribution < -0.4 is 16.0 Å². The number of likely N-dealkylation sites (tertiary alicyclic amines) is 2. The van der Waals surface area contributed by atoms with Crippen molar-refractivity contribution < 1.29 is 87.6 Å². The van der Waals surface area contributed by atoms with Gasteiger partial charge in [0.15, 0.2) is 0 Å². The molecule has 8 atom stereocenters. The third-order valence-electron chi connectivity index (χ3n) is 12.8. The van der Waals surface area contributed by atoms with E-state index in [1.54, 1.807) is 17.7 Å². The van der Waals surface area contributed by atoms with E-state index in [4.69, 9.17) is 5.11 Å². The Labute approximate surface area is 422 Å². The lowest BCUT2D eigenvalue weighted by Gasteiger charge is -2.31. The molecule has 0 bridgehead atoms. The number of aromatic amines is 2. The van der Waals surface area contributed by atoms with Crippen LogP contribution in [0.5, 0.6) is 0 Å². The molecule has 0 aliphatic carbocycles. The maximum atomic E-state index is 13.7. The topological polar surface area (TPSA) is 250 Å². The maximum Gasteiger partial charge on any atom is 0.407 e. The van der Waals surface area contributed by atoms with E-state index >= 15 is 0 Å². The summed E-state index contributed by atoms with van der Waals surface area (Å²) in [7, 11) is 2.93. The first-order valence-electron chi connectivity index (χ1n) is 23.0. The first-order chi connectivity index (χ1) is 35.1. The van der Waals surface area contributed by atoms with Crippen molar-refractivity contribution in [2.75, 3.05) is 34.4 Å². The van der Waals surface area contributed by atoms with Crippen molar-refractivity contribution >= 4 is 36.1 Å². The number of halogens is 9. The third kappa shape index (κ3) is 14.4. The number of carbonyl (C=O) groups is 6. The van der Waals surface area contributed by atoms with Crippen LogP contribution in [0.2, 0.25) is 0 Å². The van der Waals surface area contributed by atoms with Gasteiger partial charge in [0.2, 0.25) is 11.8 Å². The number of carboxylic acid groups (broad SMARTS) is 1. The van der Waals surface area contributed by atoms with Crippen LogP contribution in [0.1, 0.15) is 70.2 Å². The number of benzene rings is 2. The van der Waals surface area contributed by atoms with Gasteiger partial charge in [0, 0.05) is 13.1 Å². The number of aliphatic carboxylic acids is 1. The lowest BCUT2D eigenvalue weighted by molar-refractivity contribution is -0.184. The Morgan fingerprint density at radius 1 is 0.547 bits per heavy atom. The Kier molecular flexibility index (Phi) is 18.8. The van der Waals surface area contributed by atoms with E-state index in [-0.39, 0.29) is 13.1 Å². The van der Waals surface area contributed by atoms with Crippen LogP contribution in [0, 0.1) is 17.8 Å². The normalized spacial score (nSPS) is 18.3. The van der Waals surface area contributed by atoms with Crippen molar-refractivity contribution in [3.05, 3.63) is 72.6 Å². The number of imidazole rings is 2. The molecule has 6 rings (SSSR count). The maximum absolute atomic E-state index is 13.7. The largest absolute Gasteiger partial charge is 0.480 e. The minimum Gasteiger partial charge on any atom is -0.480 e. The molecule has 3 unspecified atom stereocenters. The molecule has 2 aromatic carbocycles. The number of H-pyrrole nitrogens is 2. The Bertz CT molecular complexity index is 2470. The number of hydrogen-bond acceptors (Lipinski definition) is 11. The van der Waals surface area contributed by atoms with E-state index < -0.39 is 103 Å². The van der Waals surface area contributed by atoms with Gasteiger partial charge in [-0.25, -0.2) is 29.1 Å². The summed E-state index contributed by atoms with van der Waals surface area (Å²) >= 11 is 0. The van der Waals surface area contributed by atoms with Gasteiger partial charge in [-0.05, 0) is 47.9 Å². The molecule has 2 fully saturated rings. The van der Waals surface area contributed by atoms with Gasteiger partial charge < -0.3 is 55.0 Å². The Morgan fingerprint density at radius 3 is 1.13 bits per heavy atom. The number of alkyl carbamates (subject to hydrolysis) is 3. The van der Waals surface area contributed by atoms with Gasteiger partial charge in [0.25, 0.3) is 0 Å². The molecule has 0 radical (unpaired) electrons. The van der Waals surface area contributed by atoms with Gasteiger partial charge in [0.05, 0.1) is 74.9 Å². The van der Waals surface area contributed by atoms with Gasteiger partial charge >= 0.3 is 42.8 Å². The zero-order valence-corrected chi connectivity index (χ0v) is 40.9. The van der Waals surface area contributed by atoms with E-state index in [0.717, 1.165) is 57.4 Å². The molecule has 410 valence electrons. The number of nitrogens with one attached hydrogen (secondary N) is 5. The highest BCUT2D eigenvalue weighted by Crippen LogP contribution is 2.38. The predicted octanol–water partition coefficient (Wildman–Crippen LogP) is 8.30. The number of ether oxygens (including phenoxy) is 3. The molecule has 5 amide bonds. The second-order valence-electron chi connectivity index (χ2n) is 17.6. The van der Waals surface area contributed by atoms with Crippen molar-refractivity contribution in [3.63, 3.8) is 0 Å². The Balaban J connectivity index is 0.000000601. The van der Waals surface area contributed by atoms with E-state index in [2.05, 4.69) is 44.8 Å². The lowest BCUT2D eigenvalue weighted by atomic mass is 9.99. The van der Waals surface area contributed by atoms with Crippen molar-refractivity contribution in [3.8, 4) is 33.6 Å². The smallest absolute Gasteiger partial charge is 0.407 e. The fourth-order valence-electron chi connectivity index (χ4n) is 8.30. The molecule has 4 heterocycles. The number of carbonyl (C=O) groups excluding carboxylic acids is 5. The minimum absolute atomic E-state index is 0.185. The minimum atomic E-state index is -4.75. The first-order valence-corrected chi connectivity index (χ1v) is 23.0. The summed E-state index contributed by atoms with van der Waals surface area (Å²) in [6, 6.07) is 8.00. The van der Waals surface area contributed by atoms with Gasteiger partial charge in [-0.3, -0.25) is 9.59 Å². The van der Waals surface area contributed by atoms with E-state index in [0.29, 0.717) is 55.6 Å². The van der Waals surface area contributed by atoms with E-state index in [1.807, 2.05) is 48.5 Å². The number of alkyl halides is 9. The second kappa shape index (κ2) is 24.2. The summed E-state index contributed by atoms with van der Waals surface area (Å²) in [5.74, 6) is -9.28. The average Bonchev–Trinajstić information content (AvgIpc) is 4.22. The summed E-state index contributed by atoms with van der Waals surface area (Å²) in [6.07, 6.45) is -12.6. The van der Waals surface area contributed by atoms with Crippen LogP contribution in [0.3, 0.4) is 0 Å². The van der Waals surface area contributed by atoms with Crippen molar-refractivity contribution in [2.45, 2.75) is 95.2 Å². The van der Waals surface area contributed by atoms with Crippen LogP contribution in [-0.4, -0.2) is 142 Å². The molecule has 2 aliphatic rings. The summed E-state index contributed by atoms with van der Waals surface area (Å²) in [5, 5.41) is 14.2. The van der Waals surface area contributed by atoms with Crippen molar-refractivity contribution in [1.29, 1.82) is 0 Å². The molecule has 2 saturated heterocycles. The molecular formula is C47H54F9N9O10. The van der Waals surface area contributed by atoms with Gasteiger partial charge in [-0.1, -0.05) is 69.3 Å². The quantitative estimate of drug-likeness (QED) is 0.0516. The fourth-order valence-corrected chi connectivity index (χ4v) is 8.30. The van der Waals surface area contributed by atoms with Crippen molar-refractivity contribution in [1.82, 2.24) is 45.7 Å². The monoisotopic (exact) mass is 1080 g/mol. The van der Waals surface area contributed by atoms with Crippen LogP contribution in [0.25, 0.3) is 33.6 Å². The second-order valence-corrected chi connectivity index (χ2v) is 17.6. The standard InChI is InChI=1S/C40H44F6N8O6.C7H10F3NO4/c1-21(39(41,42)43)31(51-37(57)59-3)35(55)53-17-5-7-29(53)33-47-19-27(49-33)25-13-9-23(10-14-25)24-11-15-26(16-12-24)28-20-48-34(50-28)30-8-6-18-54(30)36(56)32(52-38(58)60-4)22(2)40(44,45)46;1-3(7(8,9)10)4(5(12)13)11-6(14)15-2/h9-16,19-22,29-32H,5-8,17-18H2,1-4H3,(H,47,49)(H,48,50)(H,51,57)(H,52,58);3-4H,1-2H3,(H,11,14)(H,12,13)/t21?,22?,29-,30-,31-,32-;3?,4-/m00/s1. The SMILES string of the molecule is COC(=O)N[C@H](C(=O)N1CCC[C@H]1c1ncc(-c2ccc(-c3ccc(-c4cnc([C@@H]5CCCN5C(=O)[C@@H](NC(=O)OC)C(C)C(F)(F)F)[nH]4)cc3)cc2)[nH]1)C(C)C(F)(F)F.COC(=O)N[C@H](C(=O)O)C(C)C(F)(F)F. The number of amides is 5. The van der Waals surface area contributed by atoms with Gasteiger partial charge in [0.1, 0.15) is 29.8 Å². The van der Waals surface area contributed by atoms with Crippen molar-refractivity contribution in [2.24, 2.45) is 17.8 Å². The molecular weight excluding hydrogens is 1020 g/mol. The first kappa shape index (κ1) is 58.3. The highest BCUT2D eigenvalue weighted by Gasteiger charge is 2.50. The molecule has 0 spiro atoms. The highest BCUT2D eigenvalue weighted by atomic mass is 19.4. The molecule has 28 heteroatoms. The fraction of sp³-hybridized carbons (Fsp3) is 0.489. The van der Waals surface area contributed by atoms with E-state index in [1.165, 1.54) is 9.80 Å². The van der Waals surface area contributed by atoms with Crippen LogP contribution in [0.15, 0.2) is 60.9 Å². The summed E-state index contributed by atoms with van der Waals surface area (Å²) < 4.78 is 132. The number of aromatic nitrogens is 4. The average molecular weight is 1080 g/mol. The molecule has 2 aromatic heterocycles. The predicted molar refractivity (Wildman–Crippen MR) is 246 cm³/mol. The number of nitrogens with zero attached hydrogens (tertiary/aromatic N) is 4. The third-order valence-corrected chi connectivity index (χ3v) is 12.8. The Hall–Kier alpha value is -7.55. The number of methoxy groups -OCH3 is 3. The Morgan fingerprint density at radius 2 is 0.840 bits per heavy atom. The molecule has 2 aliphatic heterocycles. The van der Waals surface area contributed by atoms with Gasteiger partial charge in [-0.2, -0.15) is 39.5 Å². The lowest BCUT2D eigenvalue weighted by Crippen LogP contribution is -2.54. The van der Waals surface area contributed by atoms with E-state index in [9.17, 15) is 68.3 Å². The van der Waals surface area contributed by atoms with Crippen LogP contribution >= 0.6 is 0 Å². The molecule has 19 nitrogen and oxygen atoms in total. The number of rotatable bonds is 14. The highest BCUT2D eigenvalue weighted by molar-refractivity contribution is 5.87. The zero-order valence-electron chi connectivity index (χ0n) is 40.9. The molecule has 0 saturated carbocycles. The van der Waals surface area contributed by atoms with Crippen LogP contribution in [0.4, 0.5) is 53.9 Å². The zero-order chi connectivity index (χ0) is 55.7. The molecule has 4 aromatic rings. The summed E-state index contributed by atoms with van der Waals surface area (Å²) in [4.78, 5) is 89.7. The molecule has 6 N–H and O–H groups in total. The summed E-state index contributed by atoms with van der Waals surface area (Å²) in [5.41, 5.74) is 4.56. The number of carboxylic acids is 1. The van der Waals surface area contributed by atoms with Crippen LogP contribution in [-0.2, 0) is 28.6 Å². The van der Waals surface area contributed by atoms with Gasteiger partial charge in [-0.15, -0.1) is 0 Å². The molecule has 75 heavy (non-hydrogen) atoms. The number of hydrogen-bond donors (Lipinski definition) is 6. The summed E-state index contributed by atoms with van der Waals surface area (Å²) in [6.45, 7) is 2.70.